The van der Waals surface area contributed by atoms with Gasteiger partial charge in [0.1, 0.15) is 11.4 Å². The average molecular weight is 456 g/mol. The molecule has 1 aliphatic heterocycles. The molecule has 7 nitrogen and oxygen atoms in total. The predicted molar refractivity (Wildman–Crippen MR) is 120 cm³/mol. The quantitative estimate of drug-likeness (QED) is 0.495. The van der Waals surface area contributed by atoms with E-state index >= 15 is 0 Å². The number of piperazine rings is 1. The number of quaternary nitrogens is 1. The number of H-pyrrole nitrogens is 1. The monoisotopic (exact) mass is 455 g/mol. The van der Waals surface area contributed by atoms with Crippen LogP contribution in [0.4, 0.5) is 0 Å². The van der Waals surface area contributed by atoms with Crippen molar-refractivity contribution in [1.29, 1.82) is 0 Å². The second-order valence-electron chi connectivity index (χ2n) is 7.52. The lowest BCUT2D eigenvalue weighted by molar-refractivity contribution is -0.918. The van der Waals surface area contributed by atoms with Gasteiger partial charge >= 0.3 is 0 Å². The molecule has 0 radical (unpaired) electrons. The van der Waals surface area contributed by atoms with Crippen LogP contribution in [0.3, 0.4) is 0 Å². The predicted octanol–water partition coefficient (Wildman–Crippen LogP) is 2.44. The molecule has 0 spiro atoms. The zero-order chi connectivity index (χ0) is 21.4. The fourth-order valence-corrected chi connectivity index (χ4v) is 5.15. The molecule has 9 heteroatoms. The van der Waals surface area contributed by atoms with Crippen LogP contribution in [0.25, 0.3) is 21.3 Å². The number of nitrogens with one attached hydrogen (secondary N) is 2. The van der Waals surface area contributed by atoms with Crippen LogP contribution in [-0.2, 0) is 6.54 Å². The molecule has 0 saturated carbocycles. The highest BCUT2D eigenvalue weighted by molar-refractivity contribution is 7.17. The number of carbonyl (C=O) groups excluding carboxylic acids is 1. The lowest BCUT2D eigenvalue weighted by Crippen LogP contribution is -3.13. The summed E-state index contributed by atoms with van der Waals surface area (Å²) < 4.78 is 5.21. The summed E-state index contributed by atoms with van der Waals surface area (Å²) >= 11 is 7.78. The van der Waals surface area contributed by atoms with Crippen LogP contribution in [0.1, 0.15) is 16.4 Å². The average Bonchev–Trinajstić information content (AvgIpc) is 3.45. The molecule has 0 unspecified atom stereocenters. The maximum absolute atomic E-state index is 12.9. The Kier molecular flexibility index (Phi) is 5.35. The van der Waals surface area contributed by atoms with Crippen molar-refractivity contribution in [3.63, 3.8) is 0 Å². The molecule has 1 fully saturated rings. The first kappa shape index (κ1) is 20.0. The van der Waals surface area contributed by atoms with E-state index in [1.807, 2.05) is 29.6 Å². The smallest absolute Gasteiger partial charge is 0.289 e. The number of thiophene rings is 1. The summed E-state index contributed by atoms with van der Waals surface area (Å²) in [6.07, 6.45) is 1.51. The number of fused-ring (bicyclic) bond motifs is 1. The summed E-state index contributed by atoms with van der Waals surface area (Å²) in [6, 6.07) is 10.9. The van der Waals surface area contributed by atoms with Crippen molar-refractivity contribution in [2.45, 2.75) is 6.54 Å². The van der Waals surface area contributed by atoms with E-state index in [1.165, 1.54) is 22.5 Å². The van der Waals surface area contributed by atoms with Gasteiger partial charge in [-0.3, -0.25) is 9.59 Å². The van der Waals surface area contributed by atoms with Gasteiger partial charge in [0.15, 0.2) is 11.6 Å². The number of hydrogen-bond donors (Lipinski definition) is 2. The van der Waals surface area contributed by atoms with Crippen molar-refractivity contribution < 1.29 is 14.1 Å². The molecule has 1 aromatic carbocycles. The number of rotatable bonds is 4. The van der Waals surface area contributed by atoms with Gasteiger partial charge < -0.3 is 19.2 Å². The first-order chi connectivity index (χ1) is 15.1. The number of hydrogen-bond acceptors (Lipinski definition) is 5. The third kappa shape index (κ3) is 3.89. The minimum absolute atomic E-state index is 0.0808. The molecule has 2 N–H and O–H groups in total. The number of aromatic amines is 1. The van der Waals surface area contributed by atoms with Crippen molar-refractivity contribution in [2.24, 2.45) is 0 Å². The molecule has 4 aromatic rings. The van der Waals surface area contributed by atoms with Gasteiger partial charge in [-0.15, -0.1) is 11.3 Å². The van der Waals surface area contributed by atoms with E-state index in [-0.39, 0.29) is 11.5 Å². The van der Waals surface area contributed by atoms with Crippen LogP contribution in [-0.4, -0.2) is 47.0 Å². The molecule has 4 heterocycles. The molecule has 0 bridgehead atoms. The van der Waals surface area contributed by atoms with Gasteiger partial charge in [-0.25, -0.2) is 4.98 Å². The van der Waals surface area contributed by atoms with Crippen LogP contribution >= 0.6 is 22.9 Å². The highest BCUT2D eigenvalue weighted by Crippen LogP contribution is 2.34. The number of benzene rings is 1. The fraction of sp³-hybridized carbons (Fsp3) is 0.227. The van der Waals surface area contributed by atoms with E-state index in [0.29, 0.717) is 46.5 Å². The summed E-state index contributed by atoms with van der Waals surface area (Å²) in [6.45, 7) is 3.44. The molecule has 5 rings (SSSR count). The molecule has 31 heavy (non-hydrogen) atoms. The Hall–Kier alpha value is -2.94. The normalized spacial score (nSPS) is 14.9. The van der Waals surface area contributed by atoms with Crippen molar-refractivity contribution in [3.8, 4) is 11.1 Å². The molecule has 3 aromatic heterocycles. The van der Waals surface area contributed by atoms with Crippen LogP contribution < -0.4 is 10.5 Å². The molecule has 1 aliphatic rings. The van der Waals surface area contributed by atoms with E-state index in [4.69, 9.17) is 21.0 Å². The van der Waals surface area contributed by atoms with Crippen molar-refractivity contribution in [1.82, 2.24) is 14.9 Å². The van der Waals surface area contributed by atoms with Crippen molar-refractivity contribution in [2.75, 3.05) is 26.2 Å². The zero-order valence-electron chi connectivity index (χ0n) is 16.6. The molecule has 0 atom stereocenters. The lowest BCUT2D eigenvalue weighted by atomic mass is 10.1. The van der Waals surface area contributed by atoms with Crippen LogP contribution in [0.5, 0.6) is 0 Å². The molecule has 0 aliphatic carbocycles. The summed E-state index contributed by atoms with van der Waals surface area (Å²) in [4.78, 5) is 36.7. The van der Waals surface area contributed by atoms with Gasteiger partial charge in [0.25, 0.3) is 11.5 Å². The van der Waals surface area contributed by atoms with Gasteiger partial charge in [-0.05, 0) is 18.2 Å². The summed E-state index contributed by atoms with van der Waals surface area (Å²) in [5.74, 6) is 0.945. The number of halogens is 1. The third-order valence-corrected chi connectivity index (χ3v) is 6.77. The summed E-state index contributed by atoms with van der Waals surface area (Å²) in [5.41, 5.74) is 1.49. The van der Waals surface area contributed by atoms with Crippen molar-refractivity contribution >= 4 is 39.1 Å². The molecule has 158 valence electrons. The Bertz CT molecular complexity index is 1290. The van der Waals surface area contributed by atoms with Crippen LogP contribution in [0.2, 0.25) is 5.02 Å². The number of aromatic nitrogens is 2. The standard InChI is InChI=1S/C22H19ClN4O3S/c23-16-5-2-1-4-14(16)15-13-31-21-19(15)20(28)24-18(25-21)12-26-7-9-27(10-8-26)22(29)17-6-3-11-30-17/h1-6,11,13H,7-10,12H2,(H,24,25,28)/p+1. The Labute approximate surface area is 186 Å². The van der Waals surface area contributed by atoms with Gasteiger partial charge in [0.2, 0.25) is 0 Å². The van der Waals surface area contributed by atoms with E-state index < -0.39 is 0 Å². The maximum Gasteiger partial charge on any atom is 0.289 e. The van der Waals surface area contributed by atoms with E-state index in [9.17, 15) is 9.59 Å². The Balaban J connectivity index is 1.31. The lowest BCUT2D eigenvalue weighted by Gasteiger charge is -2.31. The van der Waals surface area contributed by atoms with E-state index in [2.05, 4.69) is 4.98 Å². The largest absolute Gasteiger partial charge is 0.459 e. The molecule has 1 amide bonds. The topological polar surface area (TPSA) is 83.6 Å². The molecular formula is C22H20ClN4O3S+. The van der Waals surface area contributed by atoms with Crippen LogP contribution in [0.15, 0.2) is 57.3 Å². The highest BCUT2D eigenvalue weighted by atomic mass is 35.5. The fourth-order valence-electron chi connectivity index (χ4n) is 3.95. The van der Waals surface area contributed by atoms with Gasteiger partial charge in [0.05, 0.1) is 37.8 Å². The van der Waals surface area contributed by atoms with Gasteiger partial charge in [-0.2, -0.15) is 0 Å². The number of amides is 1. The SMILES string of the molecule is O=C(c1ccco1)N1CC[NH+](Cc2nc3scc(-c4ccccc4Cl)c3c(=O)[nH]2)CC1. The minimum atomic E-state index is -0.151. The second kappa shape index (κ2) is 8.30. The summed E-state index contributed by atoms with van der Waals surface area (Å²) in [5, 5.41) is 3.12. The van der Waals surface area contributed by atoms with Crippen molar-refractivity contribution in [3.05, 3.63) is 75.0 Å². The third-order valence-electron chi connectivity index (χ3n) is 5.56. The van der Waals surface area contributed by atoms with E-state index in [0.717, 1.165) is 24.2 Å². The number of furan rings is 1. The maximum atomic E-state index is 12.9. The zero-order valence-corrected chi connectivity index (χ0v) is 18.1. The second-order valence-corrected chi connectivity index (χ2v) is 8.78. The van der Waals surface area contributed by atoms with Crippen LogP contribution in [0, 0.1) is 0 Å². The Morgan fingerprint density at radius 3 is 2.74 bits per heavy atom. The van der Waals surface area contributed by atoms with Gasteiger partial charge in [0, 0.05) is 21.5 Å². The number of carbonyl (C=O) groups is 1. The van der Waals surface area contributed by atoms with E-state index in [1.54, 1.807) is 17.0 Å². The number of nitrogens with zero attached hydrogens (tertiary/aromatic N) is 2. The first-order valence-corrected chi connectivity index (χ1v) is 11.3. The Morgan fingerprint density at radius 2 is 2.00 bits per heavy atom. The molecule has 1 saturated heterocycles. The highest BCUT2D eigenvalue weighted by Gasteiger charge is 2.26. The summed E-state index contributed by atoms with van der Waals surface area (Å²) in [7, 11) is 0. The molecular weight excluding hydrogens is 436 g/mol. The Morgan fingerprint density at radius 1 is 1.19 bits per heavy atom. The first-order valence-electron chi connectivity index (χ1n) is 10.0. The van der Waals surface area contributed by atoms with Gasteiger partial charge in [-0.1, -0.05) is 29.8 Å². The minimum Gasteiger partial charge on any atom is -0.459 e.